The molecule has 2 rings (SSSR count). The summed E-state index contributed by atoms with van der Waals surface area (Å²) in [6, 6.07) is 11.4. The Bertz CT molecular complexity index is 1010. The normalized spacial score (nSPS) is 10.6. The van der Waals surface area contributed by atoms with E-state index in [1.54, 1.807) is 13.0 Å². The summed E-state index contributed by atoms with van der Waals surface area (Å²) in [5.74, 6) is -1.20. The van der Waals surface area contributed by atoms with Gasteiger partial charge in [-0.25, -0.2) is 4.79 Å². The van der Waals surface area contributed by atoms with Gasteiger partial charge in [-0.3, -0.25) is 14.9 Å². The molecule has 0 radical (unpaired) electrons. The number of non-ortho nitro benzene ring substituents is 1. The SMILES string of the molecule is CCOC(=O)c1ccc(NC(=O)/C(C#N)=C\Nc2cc([N+](=O)[O-])ccc2Cl)cc1. The fraction of sp³-hybridized carbons (Fsp3) is 0.105. The van der Waals surface area contributed by atoms with E-state index in [1.165, 1.54) is 42.5 Å². The molecule has 29 heavy (non-hydrogen) atoms. The van der Waals surface area contributed by atoms with Crippen molar-refractivity contribution in [1.82, 2.24) is 0 Å². The number of esters is 1. The van der Waals surface area contributed by atoms with Gasteiger partial charge in [0.1, 0.15) is 11.6 Å². The summed E-state index contributed by atoms with van der Waals surface area (Å²) in [6.07, 6.45) is 1.09. The summed E-state index contributed by atoms with van der Waals surface area (Å²) in [5.41, 5.74) is 0.359. The molecule has 0 aliphatic rings. The molecule has 0 aromatic heterocycles. The van der Waals surface area contributed by atoms with Gasteiger partial charge in [-0.05, 0) is 37.3 Å². The van der Waals surface area contributed by atoms with Crippen LogP contribution in [0.3, 0.4) is 0 Å². The molecule has 1 amide bonds. The zero-order chi connectivity index (χ0) is 21.4. The molecule has 9 nitrogen and oxygen atoms in total. The third kappa shape index (κ3) is 5.79. The van der Waals surface area contributed by atoms with E-state index in [-0.39, 0.29) is 28.6 Å². The molecule has 0 fully saturated rings. The van der Waals surface area contributed by atoms with Crippen LogP contribution in [-0.4, -0.2) is 23.4 Å². The number of nitriles is 1. The smallest absolute Gasteiger partial charge is 0.338 e. The highest BCUT2D eigenvalue weighted by Crippen LogP contribution is 2.26. The summed E-state index contributed by atoms with van der Waals surface area (Å²) in [5, 5.41) is 25.4. The van der Waals surface area contributed by atoms with E-state index in [1.807, 2.05) is 0 Å². The average molecular weight is 415 g/mol. The van der Waals surface area contributed by atoms with Gasteiger partial charge in [0, 0.05) is 24.0 Å². The first kappa shape index (κ1) is 21.4. The Kier molecular flexibility index (Phi) is 7.28. The molecule has 10 heteroatoms. The van der Waals surface area contributed by atoms with Crippen molar-refractivity contribution in [2.75, 3.05) is 17.2 Å². The predicted octanol–water partition coefficient (Wildman–Crippen LogP) is 3.88. The highest BCUT2D eigenvalue weighted by Gasteiger charge is 2.13. The highest BCUT2D eigenvalue weighted by atomic mass is 35.5. The number of carbonyl (C=O) groups is 2. The van der Waals surface area contributed by atoms with Gasteiger partial charge in [-0.1, -0.05) is 11.6 Å². The van der Waals surface area contributed by atoms with Crippen LogP contribution in [0.15, 0.2) is 54.2 Å². The molecule has 2 aromatic rings. The molecule has 0 atom stereocenters. The molecule has 0 aliphatic heterocycles. The first-order chi connectivity index (χ1) is 13.8. The fourth-order valence-corrected chi connectivity index (χ4v) is 2.31. The maximum absolute atomic E-state index is 12.3. The van der Waals surface area contributed by atoms with E-state index < -0.39 is 16.8 Å². The van der Waals surface area contributed by atoms with Crippen LogP contribution in [0.1, 0.15) is 17.3 Å². The van der Waals surface area contributed by atoms with Crippen molar-refractivity contribution >= 4 is 40.5 Å². The number of nitrogens with one attached hydrogen (secondary N) is 2. The largest absolute Gasteiger partial charge is 0.462 e. The number of amides is 1. The van der Waals surface area contributed by atoms with Crippen molar-refractivity contribution in [2.45, 2.75) is 6.92 Å². The Morgan fingerprint density at radius 1 is 1.28 bits per heavy atom. The lowest BCUT2D eigenvalue weighted by Gasteiger charge is -2.07. The van der Waals surface area contributed by atoms with Crippen molar-refractivity contribution in [1.29, 1.82) is 5.26 Å². The van der Waals surface area contributed by atoms with Crippen LogP contribution < -0.4 is 10.6 Å². The maximum atomic E-state index is 12.3. The maximum Gasteiger partial charge on any atom is 0.338 e. The van der Waals surface area contributed by atoms with Gasteiger partial charge in [-0.2, -0.15) is 5.26 Å². The second-order valence-corrected chi connectivity index (χ2v) is 5.89. The summed E-state index contributed by atoms with van der Waals surface area (Å²) < 4.78 is 4.87. The van der Waals surface area contributed by atoms with Gasteiger partial charge < -0.3 is 15.4 Å². The Balaban J connectivity index is 2.11. The number of hydrogen-bond acceptors (Lipinski definition) is 7. The third-order valence-electron chi connectivity index (χ3n) is 3.55. The number of nitro groups is 1. The number of ether oxygens (including phenoxy) is 1. The molecule has 148 valence electrons. The molecular formula is C19H15ClN4O5. The fourth-order valence-electron chi connectivity index (χ4n) is 2.14. The number of carbonyl (C=O) groups excluding carboxylic acids is 2. The minimum absolute atomic E-state index is 0.167. The van der Waals surface area contributed by atoms with Crippen LogP contribution in [0, 0.1) is 21.4 Å². The standard InChI is InChI=1S/C19H15ClN4O5/c1-2-29-19(26)12-3-5-14(6-4-12)23-18(25)13(10-21)11-22-17-9-15(24(27)28)7-8-16(17)20/h3-9,11,22H,2H2,1H3,(H,23,25)/b13-11-. The lowest BCUT2D eigenvalue weighted by molar-refractivity contribution is -0.384. The highest BCUT2D eigenvalue weighted by molar-refractivity contribution is 6.33. The van der Waals surface area contributed by atoms with Crippen LogP contribution in [0.5, 0.6) is 0 Å². The van der Waals surface area contributed by atoms with E-state index in [9.17, 15) is 25.0 Å². The molecule has 2 aromatic carbocycles. The van der Waals surface area contributed by atoms with Crippen molar-refractivity contribution in [3.8, 4) is 6.07 Å². The number of rotatable bonds is 7. The summed E-state index contributed by atoms with van der Waals surface area (Å²) in [6.45, 7) is 1.94. The number of benzene rings is 2. The molecule has 0 saturated carbocycles. The summed E-state index contributed by atoms with van der Waals surface area (Å²) >= 11 is 5.96. The predicted molar refractivity (Wildman–Crippen MR) is 106 cm³/mol. The zero-order valence-electron chi connectivity index (χ0n) is 15.1. The third-order valence-corrected chi connectivity index (χ3v) is 3.88. The van der Waals surface area contributed by atoms with E-state index >= 15 is 0 Å². The Morgan fingerprint density at radius 2 is 1.97 bits per heavy atom. The molecule has 2 N–H and O–H groups in total. The van der Waals surface area contributed by atoms with Gasteiger partial charge in [0.25, 0.3) is 11.6 Å². The quantitative estimate of drug-likeness (QED) is 0.231. The number of anilines is 2. The van der Waals surface area contributed by atoms with Crippen molar-refractivity contribution in [3.05, 3.63) is 74.9 Å². The topological polar surface area (TPSA) is 134 Å². The monoisotopic (exact) mass is 414 g/mol. The van der Waals surface area contributed by atoms with Gasteiger partial charge in [0.05, 0.1) is 27.8 Å². The number of nitro benzene ring substituents is 1. The van der Waals surface area contributed by atoms with Crippen LogP contribution in [0.25, 0.3) is 0 Å². The lowest BCUT2D eigenvalue weighted by Crippen LogP contribution is -2.15. The van der Waals surface area contributed by atoms with Crippen molar-refractivity contribution in [2.24, 2.45) is 0 Å². The van der Waals surface area contributed by atoms with Gasteiger partial charge in [0.15, 0.2) is 0 Å². The van der Waals surface area contributed by atoms with Crippen molar-refractivity contribution in [3.63, 3.8) is 0 Å². The number of hydrogen-bond donors (Lipinski definition) is 2. The summed E-state index contributed by atoms with van der Waals surface area (Å²) in [7, 11) is 0. The zero-order valence-corrected chi connectivity index (χ0v) is 15.9. The Hall–Kier alpha value is -3.90. The van der Waals surface area contributed by atoms with E-state index in [0.29, 0.717) is 11.3 Å². The van der Waals surface area contributed by atoms with E-state index in [0.717, 1.165) is 6.20 Å². The Morgan fingerprint density at radius 3 is 2.55 bits per heavy atom. The number of halogens is 1. The molecule has 0 aliphatic carbocycles. The lowest BCUT2D eigenvalue weighted by atomic mass is 10.2. The minimum Gasteiger partial charge on any atom is -0.462 e. The van der Waals surface area contributed by atoms with E-state index in [2.05, 4.69) is 10.6 Å². The van der Waals surface area contributed by atoms with Gasteiger partial charge in [0.2, 0.25) is 0 Å². The molecule has 0 bridgehead atoms. The Labute approximate surface area is 170 Å². The minimum atomic E-state index is -0.717. The second kappa shape index (κ2) is 9.87. The number of nitrogens with zero attached hydrogens (tertiary/aromatic N) is 2. The average Bonchev–Trinajstić information content (AvgIpc) is 2.70. The van der Waals surface area contributed by atoms with Crippen molar-refractivity contribution < 1.29 is 19.2 Å². The van der Waals surface area contributed by atoms with Crippen LogP contribution in [-0.2, 0) is 9.53 Å². The molecule has 0 unspecified atom stereocenters. The van der Waals surface area contributed by atoms with Crippen LogP contribution in [0.4, 0.5) is 17.1 Å². The first-order valence-electron chi connectivity index (χ1n) is 8.25. The second-order valence-electron chi connectivity index (χ2n) is 5.49. The molecule has 0 spiro atoms. The van der Waals surface area contributed by atoms with Gasteiger partial charge >= 0.3 is 5.97 Å². The molecule has 0 heterocycles. The van der Waals surface area contributed by atoms with Gasteiger partial charge in [-0.15, -0.1) is 0 Å². The molecular weight excluding hydrogens is 400 g/mol. The van der Waals surface area contributed by atoms with E-state index in [4.69, 9.17) is 16.3 Å². The summed E-state index contributed by atoms with van der Waals surface area (Å²) in [4.78, 5) is 34.1. The van der Waals surface area contributed by atoms with Crippen LogP contribution >= 0.6 is 11.6 Å². The first-order valence-corrected chi connectivity index (χ1v) is 8.62. The molecule has 0 saturated heterocycles. The van der Waals surface area contributed by atoms with Crippen LogP contribution in [0.2, 0.25) is 5.02 Å².